The van der Waals surface area contributed by atoms with Gasteiger partial charge in [0, 0.05) is 74.1 Å². The normalized spacial score (nSPS) is 0. The fourth-order valence-electron chi connectivity index (χ4n) is 0. The standard InChI is InChI=1S/Fe.Ni.Pt.Ru. The van der Waals surface area contributed by atoms with Crippen LogP contribution in [0.15, 0.2) is 0 Å². The molecule has 0 heterocycles. The van der Waals surface area contributed by atoms with Crippen LogP contribution in [0.25, 0.3) is 0 Å². The van der Waals surface area contributed by atoms with Crippen molar-refractivity contribution < 1.29 is 74.1 Å². The zero-order valence-electron chi connectivity index (χ0n) is 1.34. The van der Waals surface area contributed by atoms with Crippen molar-refractivity contribution in [2.24, 2.45) is 0 Å². The molecule has 0 aliphatic heterocycles. The molecule has 0 aliphatic rings. The molecule has 4 heteroatoms. The molecule has 4 heavy (non-hydrogen) atoms. The first kappa shape index (κ1) is 33.2. The zero-order valence-corrected chi connectivity index (χ0v) is 7.44. The number of hydrogen-bond donors (Lipinski definition) is 0. The van der Waals surface area contributed by atoms with Gasteiger partial charge in [0.2, 0.25) is 0 Å². The quantitative estimate of drug-likeness (QED) is 0.493. The van der Waals surface area contributed by atoms with E-state index in [0.29, 0.717) is 0 Å². The van der Waals surface area contributed by atoms with Gasteiger partial charge in [-0.05, 0) is 0 Å². The molecule has 0 aromatic carbocycles. The minimum absolute atomic E-state index is 0. The maximum absolute atomic E-state index is 0. The largest absolute Gasteiger partial charge is 0 e. The Morgan fingerprint density at radius 3 is 1.00 bits per heavy atom. The predicted octanol–water partition coefficient (Wildman–Crippen LogP) is -0.0100. The Morgan fingerprint density at radius 2 is 1.00 bits per heavy atom. The van der Waals surface area contributed by atoms with E-state index in [1.165, 1.54) is 0 Å². The third kappa shape index (κ3) is 8.85. The van der Waals surface area contributed by atoms with Crippen LogP contribution in [0, 0.1) is 0 Å². The number of hydrogen-bond acceptors (Lipinski definition) is 0. The van der Waals surface area contributed by atoms with Crippen LogP contribution in [0.1, 0.15) is 0 Å². The van der Waals surface area contributed by atoms with Crippen molar-refractivity contribution in [1.82, 2.24) is 0 Å². The van der Waals surface area contributed by atoms with E-state index in [1.54, 1.807) is 0 Å². The molecule has 0 aromatic heterocycles. The Labute approximate surface area is 73.3 Å². The van der Waals surface area contributed by atoms with Crippen LogP contribution in [0.5, 0.6) is 0 Å². The smallest absolute Gasteiger partial charge is 0 e. The molecule has 0 atom stereocenters. The Hall–Kier alpha value is 2.32. The van der Waals surface area contributed by atoms with Gasteiger partial charge in [0.05, 0.1) is 0 Å². The molecular weight excluding hydrogens is 411 g/mol. The summed E-state index contributed by atoms with van der Waals surface area (Å²) < 4.78 is 0. The minimum Gasteiger partial charge on any atom is 0 e. The Bertz CT molecular complexity index is 8.00. The van der Waals surface area contributed by atoms with E-state index >= 15 is 0 Å². The van der Waals surface area contributed by atoms with E-state index in [9.17, 15) is 0 Å². The van der Waals surface area contributed by atoms with Crippen molar-refractivity contribution in [3.05, 3.63) is 0 Å². The van der Waals surface area contributed by atoms with Crippen LogP contribution in [0.2, 0.25) is 0 Å². The second kappa shape index (κ2) is 18.4. The molecule has 0 amide bonds. The van der Waals surface area contributed by atoms with E-state index in [-0.39, 0.29) is 74.1 Å². The average molecular weight is 411 g/mol. The second-order valence-electron chi connectivity index (χ2n) is 0. The van der Waals surface area contributed by atoms with Crippen LogP contribution in [0.4, 0.5) is 0 Å². The van der Waals surface area contributed by atoms with Crippen molar-refractivity contribution in [2.75, 3.05) is 0 Å². The summed E-state index contributed by atoms with van der Waals surface area (Å²) in [4.78, 5) is 0. The Kier molecular flexibility index (Phi) is 153. The van der Waals surface area contributed by atoms with Crippen molar-refractivity contribution in [3.8, 4) is 0 Å². The van der Waals surface area contributed by atoms with Gasteiger partial charge in [-0.1, -0.05) is 0 Å². The number of rotatable bonds is 0. The van der Waals surface area contributed by atoms with Crippen LogP contribution < -0.4 is 0 Å². The first-order valence-corrected chi connectivity index (χ1v) is 0. The summed E-state index contributed by atoms with van der Waals surface area (Å²) in [6.07, 6.45) is 0. The molecule has 0 saturated heterocycles. The first-order valence-electron chi connectivity index (χ1n) is 0. The molecule has 0 aromatic rings. The van der Waals surface area contributed by atoms with Crippen LogP contribution in [-0.4, -0.2) is 0 Å². The molecule has 0 fully saturated rings. The van der Waals surface area contributed by atoms with Crippen molar-refractivity contribution in [3.63, 3.8) is 0 Å². The topological polar surface area (TPSA) is 0 Å². The molecule has 0 N–H and O–H groups in total. The van der Waals surface area contributed by atoms with Gasteiger partial charge in [-0.15, -0.1) is 0 Å². The van der Waals surface area contributed by atoms with E-state index in [0.717, 1.165) is 0 Å². The summed E-state index contributed by atoms with van der Waals surface area (Å²) in [7, 11) is 0. The summed E-state index contributed by atoms with van der Waals surface area (Å²) in [5.41, 5.74) is 0. The first-order chi connectivity index (χ1) is 0. The molecule has 0 spiro atoms. The van der Waals surface area contributed by atoms with Crippen LogP contribution in [0.3, 0.4) is 0 Å². The fourth-order valence-corrected chi connectivity index (χ4v) is 0. The van der Waals surface area contributed by atoms with Gasteiger partial charge >= 0.3 is 0 Å². The molecular formula is FeNiPtRu. The predicted molar refractivity (Wildman–Crippen MR) is 0 cm³/mol. The maximum Gasteiger partial charge on any atom is 0 e. The molecule has 0 saturated carbocycles. The molecule has 0 nitrogen and oxygen atoms in total. The van der Waals surface area contributed by atoms with E-state index in [2.05, 4.69) is 0 Å². The summed E-state index contributed by atoms with van der Waals surface area (Å²) >= 11 is 0. The van der Waals surface area contributed by atoms with Gasteiger partial charge in [-0.25, -0.2) is 0 Å². The molecule has 36 valence electrons. The molecule has 0 bridgehead atoms. The van der Waals surface area contributed by atoms with Gasteiger partial charge < -0.3 is 0 Å². The maximum atomic E-state index is 0. The monoisotopic (exact) mass is 411 g/mol. The SMILES string of the molecule is [Fe].[Ni].[Pt].[Ru]. The summed E-state index contributed by atoms with van der Waals surface area (Å²) in [6.45, 7) is 0. The zero-order chi connectivity index (χ0) is 0. The molecule has 0 aliphatic carbocycles. The van der Waals surface area contributed by atoms with Gasteiger partial charge in [0.1, 0.15) is 0 Å². The summed E-state index contributed by atoms with van der Waals surface area (Å²) in [5, 5.41) is 0. The van der Waals surface area contributed by atoms with E-state index in [4.69, 9.17) is 0 Å². The Morgan fingerprint density at radius 1 is 1.00 bits per heavy atom. The fraction of sp³-hybridized carbons (Fsp3) is 0. The van der Waals surface area contributed by atoms with Gasteiger partial charge in [0.15, 0.2) is 0 Å². The van der Waals surface area contributed by atoms with Crippen molar-refractivity contribution in [2.45, 2.75) is 0 Å². The van der Waals surface area contributed by atoms with E-state index < -0.39 is 0 Å². The second-order valence-corrected chi connectivity index (χ2v) is 0. The molecule has 0 rings (SSSR count). The van der Waals surface area contributed by atoms with Crippen molar-refractivity contribution >= 4 is 0 Å². The van der Waals surface area contributed by atoms with Gasteiger partial charge in [-0.2, -0.15) is 0 Å². The summed E-state index contributed by atoms with van der Waals surface area (Å²) in [6, 6.07) is 0. The van der Waals surface area contributed by atoms with Crippen LogP contribution >= 0.6 is 0 Å². The minimum atomic E-state index is 0. The average Bonchev–Trinajstić information content (AvgIpc) is 0. The van der Waals surface area contributed by atoms with Gasteiger partial charge in [0.25, 0.3) is 0 Å². The Balaban J connectivity index is 0. The van der Waals surface area contributed by atoms with Crippen LogP contribution in [-0.2, 0) is 74.1 Å². The third-order valence-corrected chi connectivity index (χ3v) is 0. The van der Waals surface area contributed by atoms with Crippen molar-refractivity contribution in [1.29, 1.82) is 0 Å². The van der Waals surface area contributed by atoms with E-state index in [1.807, 2.05) is 0 Å². The van der Waals surface area contributed by atoms with Gasteiger partial charge in [-0.3, -0.25) is 0 Å². The molecule has 0 unspecified atom stereocenters. The third-order valence-electron chi connectivity index (χ3n) is 0. The summed E-state index contributed by atoms with van der Waals surface area (Å²) in [5.74, 6) is 0. The molecule has 0 radical (unpaired) electrons.